The van der Waals surface area contributed by atoms with E-state index in [1.54, 1.807) is 42.5 Å². The van der Waals surface area contributed by atoms with Gasteiger partial charge in [-0.3, -0.25) is 0 Å². The van der Waals surface area contributed by atoms with Gasteiger partial charge in [-0.15, -0.1) is 5.10 Å². The SMILES string of the molecule is COc1cc(/C=N\N=C(N)c2nonc2N)ccc1OC(=O)c1ccc(Cl)cc1. The van der Waals surface area contributed by atoms with Crippen molar-refractivity contribution in [3.8, 4) is 11.5 Å². The topological polar surface area (TPSA) is 151 Å². The normalized spacial score (nSPS) is 11.6. The molecular weight excluding hydrogens is 400 g/mol. The molecule has 0 atom stereocenters. The highest BCUT2D eigenvalue weighted by atomic mass is 35.5. The van der Waals surface area contributed by atoms with E-state index in [1.807, 2.05) is 0 Å². The first-order valence-corrected chi connectivity index (χ1v) is 8.46. The van der Waals surface area contributed by atoms with E-state index in [2.05, 4.69) is 25.1 Å². The van der Waals surface area contributed by atoms with Crippen LogP contribution < -0.4 is 20.9 Å². The largest absolute Gasteiger partial charge is 0.493 e. The lowest BCUT2D eigenvalue weighted by atomic mass is 10.2. The fraction of sp³-hybridized carbons (Fsp3) is 0.0556. The number of hydrogen-bond donors (Lipinski definition) is 2. The molecular formula is C18H15ClN6O4. The molecule has 3 aromatic rings. The number of aromatic nitrogens is 2. The summed E-state index contributed by atoms with van der Waals surface area (Å²) in [6, 6.07) is 11.2. The minimum Gasteiger partial charge on any atom is -0.493 e. The van der Waals surface area contributed by atoms with E-state index >= 15 is 0 Å². The van der Waals surface area contributed by atoms with Gasteiger partial charge in [0.25, 0.3) is 0 Å². The second-order valence-corrected chi connectivity index (χ2v) is 5.97. The summed E-state index contributed by atoms with van der Waals surface area (Å²) in [5, 5.41) is 15.1. The maximum Gasteiger partial charge on any atom is 0.343 e. The molecule has 10 nitrogen and oxygen atoms in total. The highest BCUT2D eigenvalue weighted by Gasteiger charge is 2.13. The molecule has 2 aromatic carbocycles. The van der Waals surface area contributed by atoms with Crippen molar-refractivity contribution in [2.75, 3.05) is 12.8 Å². The zero-order chi connectivity index (χ0) is 20.8. The van der Waals surface area contributed by atoms with Crippen LogP contribution in [0.1, 0.15) is 21.6 Å². The van der Waals surface area contributed by atoms with Gasteiger partial charge < -0.3 is 20.9 Å². The van der Waals surface area contributed by atoms with E-state index in [1.165, 1.54) is 13.3 Å². The molecule has 0 aliphatic heterocycles. The number of nitrogens with two attached hydrogens (primary N) is 2. The van der Waals surface area contributed by atoms with Gasteiger partial charge in [-0.1, -0.05) is 11.6 Å². The maximum atomic E-state index is 12.3. The second kappa shape index (κ2) is 8.85. The number of rotatable bonds is 6. The first-order valence-electron chi connectivity index (χ1n) is 8.08. The summed E-state index contributed by atoms with van der Waals surface area (Å²) in [6.07, 6.45) is 1.42. The molecule has 0 amide bonds. The Morgan fingerprint density at radius 1 is 1.17 bits per heavy atom. The standard InChI is InChI=1S/C18H15ClN6O4/c1-27-14-8-10(9-22-23-16(20)15-17(21)25-29-24-15)2-7-13(14)28-18(26)11-3-5-12(19)6-4-11/h2-9H,1H3,(H2,20,23)(H2,21,25)/b22-9-. The van der Waals surface area contributed by atoms with E-state index < -0.39 is 5.97 Å². The van der Waals surface area contributed by atoms with Crippen LogP contribution in [0, 0.1) is 0 Å². The molecule has 0 aliphatic carbocycles. The molecule has 0 radical (unpaired) electrons. The first kappa shape index (κ1) is 19.8. The zero-order valence-electron chi connectivity index (χ0n) is 15.1. The molecule has 29 heavy (non-hydrogen) atoms. The summed E-state index contributed by atoms with van der Waals surface area (Å²) in [5.41, 5.74) is 12.3. The van der Waals surface area contributed by atoms with Crippen molar-refractivity contribution >= 4 is 35.4 Å². The van der Waals surface area contributed by atoms with E-state index in [-0.39, 0.29) is 23.1 Å². The summed E-state index contributed by atoms with van der Waals surface area (Å²) in [6.45, 7) is 0. The van der Waals surface area contributed by atoms with E-state index in [0.717, 1.165) is 0 Å². The Morgan fingerprint density at radius 2 is 1.93 bits per heavy atom. The molecule has 4 N–H and O–H groups in total. The number of anilines is 1. The predicted octanol–water partition coefficient (Wildman–Crippen LogP) is 2.27. The Kier molecular flexibility index (Phi) is 6.05. The van der Waals surface area contributed by atoms with E-state index in [4.69, 9.17) is 32.5 Å². The van der Waals surface area contributed by atoms with Crippen molar-refractivity contribution in [2.24, 2.45) is 15.9 Å². The number of nitrogens with zero attached hydrogens (tertiary/aromatic N) is 4. The molecule has 0 fully saturated rings. The first-order chi connectivity index (χ1) is 14.0. The third-order valence-corrected chi connectivity index (χ3v) is 3.85. The Labute approximate surface area is 169 Å². The zero-order valence-corrected chi connectivity index (χ0v) is 15.8. The summed E-state index contributed by atoms with van der Waals surface area (Å²) in [5.74, 6) is -0.0137. The molecule has 0 unspecified atom stereocenters. The van der Waals surface area contributed by atoms with Crippen LogP contribution in [0.2, 0.25) is 5.02 Å². The fourth-order valence-corrected chi connectivity index (χ4v) is 2.30. The van der Waals surface area contributed by atoms with Crippen LogP contribution in [0.5, 0.6) is 11.5 Å². The molecule has 148 valence electrons. The minimum absolute atomic E-state index is 0.00924. The lowest BCUT2D eigenvalue weighted by Crippen LogP contribution is -2.15. The molecule has 0 aliphatic rings. The molecule has 0 saturated heterocycles. The number of methoxy groups -OCH3 is 1. The lowest BCUT2D eigenvalue weighted by molar-refractivity contribution is 0.0729. The van der Waals surface area contributed by atoms with Crippen LogP contribution in [-0.4, -0.2) is 35.4 Å². The van der Waals surface area contributed by atoms with Gasteiger partial charge in [-0.25, -0.2) is 9.42 Å². The Hall–Kier alpha value is -3.92. The van der Waals surface area contributed by atoms with Crippen LogP contribution in [0.15, 0.2) is 57.3 Å². The van der Waals surface area contributed by atoms with E-state index in [0.29, 0.717) is 21.9 Å². The predicted molar refractivity (Wildman–Crippen MR) is 106 cm³/mol. The quantitative estimate of drug-likeness (QED) is 0.205. The number of carbonyl (C=O) groups is 1. The lowest BCUT2D eigenvalue weighted by Gasteiger charge is -2.10. The van der Waals surface area contributed by atoms with Crippen LogP contribution in [0.4, 0.5) is 5.82 Å². The molecule has 0 spiro atoms. The Balaban J connectivity index is 1.74. The van der Waals surface area contributed by atoms with Gasteiger partial charge in [-0.2, -0.15) is 5.10 Å². The average molecular weight is 415 g/mol. The minimum atomic E-state index is -0.544. The average Bonchev–Trinajstić information content (AvgIpc) is 3.15. The molecule has 3 rings (SSSR count). The smallest absolute Gasteiger partial charge is 0.343 e. The highest BCUT2D eigenvalue weighted by molar-refractivity contribution is 6.30. The van der Waals surface area contributed by atoms with Crippen molar-refractivity contribution in [1.29, 1.82) is 0 Å². The van der Waals surface area contributed by atoms with Gasteiger partial charge in [-0.05, 0) is 58.3 Å². The van der Waals surface area contributed by atoms with Crippen LogP contribution in [0.25, 0.3) is 0 Å². The van der Waals surface area contributed by atoms with Gasteiger partial charge in [0.05, 0.1) is 18.9 Å². The van der Waals surface area contributed by atoms with Crippen molar-refractivity contribution in [1.82, 2.24) is 10.3 Å². The van der Waals surface area contributed by atoms with Gasteiger partial charge >= 0.3 is 5.97 Å². The van der Waals surface area contributed by atoms with Gasteiger partial charge in [0.1, 0.15) is 0 Å². The van der Waals surface area contributed by atoms with Crippen LogP contribution in [0.3, 0.4) is 0 Å². The second-order valence-electron chi connectivity index (χ2n) is 5.53. The number of benzene rings is 2. The van der Waals surface area contributed by atoms with Crippen molar-refractivity contribution in [3.05, 3.63) is 64.3 Å². The maximum absolute atomic E-state index is 12.3. The molecule has 11 heteroatoms. The monoisotopic (exact) mass is 414 g/mol. The van der Waals surface area contributed by atoms with Crippen LogP contribution in [-0.2, 0) is 0 Å². The number of hydrogen-bond acceptors (Lipinski definition) is 9. The summed E-state index contributed by atoms with van der Waals surface area (Å²) < 4.78 is 15.1. The van der Waals surface area contributed by atoms with Crippen LogP contribution >= 0.6 is 11.6 Å². The third-order valence-electron chi connectivity index (χ3n) is 3.60. The van der Waals surface area contributed by atoms with Gasteiger partial charge in [0.2, 0.25) is 0 Å². The Bertz CT molecular complexity index is 1080. The Morgan fingerprint density at radius 3 is 2.59 bits per heavy atom. The number of ether oxygens (including phenoxy) is 2. The number of amidine groups is 1. The summed E-state index contributed by atoms with van der Waals surface area (Å²) >= 11 is 5.82. The molecule has 0 bridgehead atoms. The molecule has 1 heterocycles. The highest BCUT2D eigenvalue weighted by Crippen LogP contribution is 2.28. The van der Waals surface area contributed by atoms with Crippen molar-refractivity contribution < 1.29 is 18.9 Å². The number of esters is 1. The molecule has 0 saturated carbocycles. The third kappa shape index (κ3) is 4.87. The summed E-state index contributed by atoms with van der Waals surface area (Å²) in [4.78, 5) is 12.3. The number of halogens is 1. The molecule has 1 aromatic heterocycles. The fourth-order valence-electron chi connectivity index (χ4n) is 2.17. The van der Waals surface area contributed by atoms with Gasteiger partial charge in [0, 0.05) is 5.02 Å². The number of carbonyl (C=O) groups excluding carboxylic acids is 1. The summed E-state index contributed by atoms with van der Waals surface area (Å²) in [7, 11) is 1.45. The van der Waals surface area contributed by atoms with Gasteiger partial charge in [0.15, 0.2) is 28.8 Å². The number of nitrogen functional groups attached to an aromatic ring is 1. The van der Waals surface area contributed by atoms with E-state index in [9.17, 15) is 4.79 Å². The van der Waals surface area contributed by atoms with Crippen molar-refractivity contribution in [2.45, 2.75) is 0 Å². The van der Waals surface area contributed by atoms with Crippen molar-refractivity contribution in [3.63, 3.8) is 0 Å².